The van der Waals surface area contributed by atoms with Crippen molar-refractivity contribution in [1.29, 1.82) is 0 Å². The second-order valence-electron chi connectivity index (χ2n) is 6.97. The first kappa shape index (κ1) is 17.4. The van der Waals surface area contributed by atoms with Crippen molar-refractivity contribution in [1.82, 2.24) is 29.3 Å². The van der Waals surface area contributed by atoms with Crippen molar-refractivity contribution in [2.75, 3.05) is 13.7 Å². The number of rotatable bonds is 4. The minimum absolute atomic E-state index is 0.147. The number of aromatic nitrogens is 5. The van der Waals surface area contributed by atoms with Gasteiger partial charge in [-0.3, -0.25) is 9.20 Å². The van der Waals surface area contributed by atoms with Crippen molar-refractivity contribution < 1.29 is 9.53 Å². The zero-order chi connectivity index (χ0) is 19.8. The quantitative estimate of drug-likeness (QED) is 0.537. The molecule has 0 unspecified atom stereocenters. The Hall–Kier alpha value is -3.68. The molecule has 1 aliphatic heterocycles. The number of carbonyl (C=O) groups excluding carboxylic acids is 1. The molecule has 1 fully saturated rings. The van der Waals surface area contributed by atoms with Gasteiger partial charge in [-0.05, 0) is 37.1 Å². The molecule has 1 amide bonds. The van der Waals surface area contributed by atoms with E-state index >= 15 is 0 Å². The van der Waals surface area contributed by atoms with Crippen molar-refractivity contribution >= 4 is 11.6 Å². The normalized spacial score (nSPS) is 16.4. The molecule has 1 atom stereocenters. The first-order chi connectivity index (χ1) is 14.3. The van der Waals surface area contributed by atoms with Gasteiger partial charge in [0.15, 0.2) is 22.9 Å². The van der Waals surface area contributed by atoms with E-state index in [1.54, 1.807) is 18.0 Å². The topological polar surface area (TPSA) is 77.6 Å². The maximum atomic E-state index is 13.4. The molecule has 1 saturated heterocycles. The predicted molar refractivity (Wildman–Crippen MR) is 106 cm³/mol. The number of methoxy groups -OCH3 is 1. The number of likely N-dealkylation sites (tertiary alicyclic amines) is 1. The Labute approximate surface area is 167 Å². The highest BCUT2D eigenvalue weighted by molar-refractivity contribution is 5.95. The van der Waals surface area contributed by atoms with Crippen LogP contribution in [0.1, 0.15) is 35.2 Å². The Morgan fingerprint density at radius 2 is 1.93 bits per heavy atom. The van der Waals surface area contributed by atoms with Gasteiger partial charge in [0.25, 0.3) is 5.91 Å². The van der Waals surface area contributed by atoms with Gasteiger partial charge < -0.3 is 9.64 Å². The molecule has 1 aliphatic rings. The lowest BCUT2D eigenvalue weighted by molar-refractivity contribution is 0.0719. The first-order valence-corrected chi connectivity index (χ1v) is 9.56. The van der Waals surface area contributed by atoms with Gasteiger partial charge in [-0.25, -0.2) is 4.68 Å². The van der Waals surface area contributed by atoms with Gasteiger partial charge in [0.2, 0.25) is 0 Å². The Bertz CT molecular complexity index is 1170. The molecule has 0 bridgehead atoms. The summed E-state index contributed by atoms with van der Waals surface area (Å²) < 4.78 is 9.07. The van der Waals surface area contributed by atoms with Crippen LogP contribution < -0.4 is 4.74 Å². The fourth-order valence-electron chi connectivity index (χ4n) is 3.87. The molecule has 1 aromatic carbocycles. The van der Waals surface area contributed by atoms with E-state index in [0.717, 1.165) is 30.0 Å². The standard InChI is InChI=1S/C21H20N6O2/c1-29-17-14-27(15-8-3-2-4-9-15)24-19(17)21(28)25-13-7-10-16(25)20-23-22-18-11-5-6-12-26(18)20/h2-6,8-9,11-12,14,16H,7,10,13H2,1H3/t16-/m1/s1. The largest absolute Gasteiger partial charge is 0.493 e. The Morgan fingerprint density at radius 3 is 2.76 bits per heavy atom. The molecule has 5 rings (SSSR count). The van der Waals surface area contributed by atoms with Crippen LogP contribution in [0.4, 0.5) is 0 Å². The average Bonchev–Trinajstić information content (AvgIpc) is 3.51. The summed E-state index contributed by atoms with van der Waals surface area (Å²) >= 11 is 0. The van der Waals surface area contributed by atoms with Gasteiger partial charge in [0, 0.05) is 12.7 Å². The summed E-state index contributed by atoms with van der Waals surface area (Å²) in [6.45, 7) is 0.645. The molecule has 0 spiro atoms. The van der Waals surface area contributed by atoms with Crippen LogP contribution in [0.3, 0.4) is 0 Å². The van der Waals surface area contributed by atoms with Crippen LogP contribution in [0.25, 0.3) is 11.3 Å². The number of hydrogen-bond acceptors (Lipinski definition) is 5. The minimum Gasteiger partial charge on any atom is -0.493 e. The van der Waals surface area contributed by atoms with E-state index in [1.807, 2.05) is 64.0 Å². The monoisotopic (exact) mass is 388 g/mol. The third-order valence-corrected chi connectivity index (χ3v) is 5.28. The van der Waals surface area contributed by atoms with Gasteiger partial charge >= 0.3 is 0 Å². The lowest BCUT2D eigenvalue weighted by Crippen LogP contribution is -2.32. The third-order valence-electron chi connectivity index (χ3n) is 5.28. The van der Waals surface area contributed by atoms with E-state index in [9.17, 15) is 4.79 Å². The fourth-order valence-corrected chi connectivity index (χ4v) is 3.87. The first-order valence-electron chi connectivity index (χ1n) is 9.56. The van der Waals surface area contributed by atoms with Gasteiger partial charge in [0.05, 0.1) is 25.0 Å². The second-order valence-corrected chi connectivity index (χ2v) is 6.97. The highest BCUT2D eigenvalue weighted by Gasteiger charge is 2.36. The van der Waals surface area contributed by atoms with E-state index in [2.05, 4.69) is 15.3 Å². The molecule has 3 aromatic heterocycles. The maximum absolute atomic E-state index is 13.4. The van der Waals surface area contributed by atoms with Gasteiger partial charge in [-0.15, -0.1) is 10.2 Å². The van der Waals surface area contributed by atoms with Crippen molar-refractivity contribution in [2.24, 2.45) is 0 Å². The maximum Gasteiger partial charge on any atom is 0.278 e. The molecule has 0 radical (unpaired) electrons. The van der Waals surface area contributed by atoms with Crippen LogP contribution in [0, 0.1) is 0 Å². The van der Waals surface area contributed by atoms with Crippen molar-refractivity contribution in [3.05, 3.63) is 72.4 Å². The van der Waals surface area contributed by atoms with Crippen LogP contribution in [0.5, 0.6) is 5.75 Å². The molecule has 146 valence electrons. The summed E-state index contributed by atoms with van der Waals surface area (Å²) in [6.07, 6.45) is 5.40. The number of pyridine rings is 1. The Balaban J connectivity index is 1.51. The van der Waals surface area contributed by atoms with E-state index in [1.165, 1.54) is 0 Å². The summed E-state index contributed by atoms with van der Waals surface area (Å²) in [6, 6.07) is 15.3. The molecule has 0 N–H and O–H groups in total. The van der Waals surface area contributed by atoms with Crippen molar-refractivity contribution in [2.45, 2.75) is 18.9 Å². The predicted octanol–water partition coefficient (Wildman–Crippen LogP) is 2.90. The number of carbonyl (C=O) groups is 1. The number of benzene rings is 1. The highest BCUT2D eigenvalue weighted by atomic mass is 16.5. The Morgan fingerprint density at radius 1 is 1.10 bits per heavy atom. The summed E-state index contributed by atoms with van der Waals surface area (Å²) in [5.41, 5.74) is 1.94. The van der Waals surface area contributed by atoms with Crippen molar-refractivity contribution in [3.8, 4) is 11.4 Å². The molecule has 29 heavy (non-hydrogen) atoms. The van der Waals surface area contributed by atoms with Gasteiger partial charge in [-0.2, -0.15) is 5.10 Å². The van der Waals surface area contributed by atoms with E-state index in [4.69, 9.17) is 4.74 Å². The molecule has 0 aliphatic carbocycles. The number of amides is 1. The Kier molecular flexibility index (Phi) is 4.23. The summed E-state index contributed by atoms with van der Waals surface area (Å²) in [5.74, 6) is 1.07. The third kappa shape index (κ3) is 2.93. The average molecular weight is 388 g/mol. The smallest absolute Gasteiger partial charge is 0.278 e. The fraction of sp³-hybridized carbons (Fsp3) is 0.238. The van der Waals surface area contributed by atoms with E-state index in [0.29, 0.717) is 18.0 Å². The molecule has 8 heteroatoms. The van der Waals surface area contributed by atoms with Crippen LogP contribution in [0.2, 0.25) is 0 Å². The summed E-state index contributed by atoms with van der Waals surface area (Å²) in [4.78, 5) is 15.2. The number of ether oxygens (including phenoxy) is 1. The van der Waals surface area contributed by atoms with E-state index < -0.39 is 0 Å². The SMILES string of the molecule is COc1cn(-c2ccccc2)nc1C(=O)N1CCC[C@@H]1c1nnc2ccccn12. The summed E-state index contributed by atoms with van der Waals surface area (Å²) in [7, 11) is 1.55. The number of nitrogens with zero attached hydrogens (tertiary/aromatic N) is 6. The molecule has 4 aromatic rings. The lowest BCUT2D eigenvalue weighted by Gasteiger charge is -2.22. The molecule has 4 heterocycles. The number of para-hydroxylation sites is 1. The zero-order valence-electron chi connectivity index (χ0n) is 16.0. The highest BCUT2D eigenvalue weighted by Crippen LogP contribution is 2.33. The second kappa shape index (κ2) is 7.05. The molecule has 0 saturated carbocycles. The number of fused-ring (bicyclic) bond motifs is 1. The van der Waals surface area contributed by atoms with Gasteiger partial charge in [-0.1, -0.05) is 24.3 Å². The number of hydrogen-bond donors (Lipinski definition) is 0. The lowest BCUT2D eigenvalue weighted by atomic mass is 10.2. The van der Waals surface area contributed by atoms with E-state index in [-0.39, 0.29) is 11.9 Å². The zero-order valence-corrected chi connectivity index (χ0v) is 16.0. The van der Waals surface area contributed by atoms with Crippen LogP contribution in [-0.4, -0.2) is 48.8 Å². The molecular weight excluding hydrogens is 368 g/mol. The minimum atomic E-state index is -0.160. The van der Waals surface area contributed by atoms with Crippen LogP contribution in [-0.2, 0) is 0 Å². The molecular formula is C21H20N6O2. The van der Waals surface area contributed by atoms with Gasteiger partial charge in [0.1, 0.15) is 0 Å². The van der Waals surface area contributed by atoms with Crippen LogP contribution in [0.15, 0.2) is 60.9 Å². The summed E-state index contributed by atoms with van der Waals surface area (Å²) in [5, 5.41) is 13.1. The van der Waals surface area contributed by atoms with Crippen molar-refractivity contribution in [3.63, 3.8) is 0 Å². The molecule has 8 nitrogen and oxygen atoms in total. The van der Waals surface area contributed by atoms with Crippen LogP contribution >= 0.6 is 0 Å².